The van der Waals surface area contributed by atoms with Crippen molar-refractivity contribution in [1.29, 1.82) is 0 Å². The molecular formula is C16H15NO2. The Balaban J connectivity index is 1.93. The summed E-state index contributed by atoms with van der Waals surface area (Å²) < 4.78 is 0. The lowest BCUT2D eigenvalue weighted by molar-refractivity contribution is -0.136. The van der Waals surface area contributed by atoms with E-state index in [4.69, 9.17) is 5.11 Å². The number of hydrogen-bond acceptors (Lipinski definition) is 2. The number of hydrogen-bond donors (Lipinski definition) is 2. The van der Waals surface area contributed by atoms with Crippen LogP contribution in [0.15, 0.2) is 48.5 Å². The summed E-state index contributed by atoms with van der Waals surface area (Å²) in [5.41, 5.74) is 4.94. The van der Waals surface area contributed by atoms with Gasteiger partial charge in [-0.05, 0) is 22.3 Å². The zero-order valence-corrected chi connectivity index (χ0v) is 10.5. The highest BCUT2D eigenvalue weighted by molar-refractivity contribution is 5.78. The van der Waals surface area contributed by atoms with Crippen LogP contribution < -0.4 is 5.32 Å². The second kappa shape index (κ2) is 4.86. The van der Waals surface area contributed by atoms with Crippen molar-refractivity contribution in [3.63, 3.8) is 0 Å². The average Bonchev–Trinajstić information content (AvgIpc) is 2.74. The quantitative estimate of drug-likeness (QED) is 0.881. The van der Waals surface area contributed by atoms with E-state index in [1.165, 1.54) is 22.3 Å². The lowest BCUT2D eigenvalue weighted by Crippen LogP contribution is -2.23. The highest BCUT2D eigenvalue weighted by atomic mass is 16.4. The third-order valence-electron chi connectivity index (χ3n) is 3.52. The SMILES string of the molecule is O=C(O)CCNC1c2ccccc2-c2ccccc21. The van der Waals surface area contributed by atoms with E-state index in [2.05, 4.69) is 29.6 Å². The minimum Gasteiger partial charge on any atom is -0.481 e. The second-order valence-electron chi connectivity index (χ2n) is 4.71. The molecule has 2 aromatic carbocycles. The molecule has 0 atom stereocenters. The molecule has 19 heavy (non-hydrogen) atoms. The van der Waals surface area contributed by atoms with Crippen LogP contribution in [0.25, 0.3) is 11.1 Å². The number of carboxylic acid groups (broad SMARTS) is 1. The first-order chi connectivity index (χ1) is 9.27. The first-order valence-corrected chi connectivity index (χ1v) is 6.41. The fraction of sp³-hybridized carbons (Fsp3) is 0.188. The van der Waals surface area contributed by atoms with E-state index in [9.17, 15) is 4.79 Å². The molecule has 2 N–H and O–H groups in total. The van der Waals surface area contributed by atoms with Gasteiger partial charge in [-0.2, -0.15) is 0 Å². The Morgan fingerprint density at radius 2 is 1.53 bits per heavy atom. The van der Waals surface area contributed by atoms with Gasteiger partial charge in [-0.1, -0.05) is 48.5 Å². The third kappa shape index (κ3) is 2.13. The molecule has 0 unspecified atom stereocenters. The van der Waals surface area contributed by atoms with E-state index in [0.29, 0.717) is 6.54 Å². The van der Waals surface area contributed by atoms with E-state index >= 15 is 0 Å². The van der Waals surface area contributed by atoms with Crippen molar-refractivity contribution in [1.82, 2.24) is 5.32 Å². The Morgan fingerprint density at radius 1 is 1.00 bits per heavy atom. The number of carboxylic acids is 1. The van der Waals surface area contributed by atoms with Crippen LogP contribution in [0.5, 0.6) is 0 Å². The molecule has 96 valence electrons. The molecule has 0 saturated heterocycles. The van der Waals surface area contributed by atoms with Crippen molar-refractivity contribution in [2.75, 3.05) is 6.54 Å². The molecule has 0 radical (unpaired) electrons. The highest BCUT2D eigenvalue weighted by Crippen LogP contribution is 2.42. The Hall–Kier alpha value is -2.13. The number of aliphatic carboxylic acids is 1. The maximum absolute atomic E-state index is 10.6. The van der Waals surface area contributed by atoms with E-state index in [1.54, 1.807) is 0 Å². The second-order valence-corrected chi connectivity index (χ2v) is 4.71. The highest BCUT2D eigenvalue weighted by Gasteiger charge is 2.27. The molecule has 3 nitrogen and oxygen atoms in total. The van der Waals surface area contributed by atoms with Crippen molar-refractivity contribution >= 4 is 5.97 Å². The van der Waals surface area contributed by atoms with Gasteiger partial charge in [-0.15, -0.1) is 0 Å². The van der Waals surface area contributed by atoms with Crippen molar-refractivity contribution in [3.05, 3.63) is 59.7 Å². The van der Waals surface area contributed by atoms with Crippen molar-refractivity contribution < 1.29 is 9.90 Å². The van der Waals surface area contributed by atoms with Crippen LogP contribution in [0.2, 0.25) is 0 Å². The number of rotatable bonds is 4. The molecule has 3 heteroatoms. The van der Waals surface area contributed by atoms with Gasteiger partial charge in [0.1, 0.15) is 0 Å². The Morgan fingerprint density at radius 3 is 2.05 bits per heavy atom. The fourth-order valence-electron chi connectivity index (χ4n) is 2.70. The zero-order valence-electron chi connectivity index (χ0n) is 10.5. The smallest absolute Gasteiger partial charge is 0.304 e. The van der Waals surface area contributed by atoms with Gasteiger partial charge in [-0.25, -0.2) is 0 Å². The maximum Gasteiger partial charge on any atom is 0.304 e. The number of fused-ring (bicyclic) bond motifs is 3. The molecule has 1 aliphatic rings. The van der Waals surface area contributed by atoms with Crippen LogP contribution in [0.1, 0.15) is 23.6 Å². The Kier molecular flexibility index (Phi) is 3.05. The van der Waals surface area contributed by atoms with Gasteiger partial charge >= 0.3 is 5.97 Å². The molecule has 0 spiro atoms. The summed E-state index contributed by atoms with van der Waals surface area (Å²) in [5, 5.41) is 12.1. The number of benzene rings is 2. The van der Waals surface area contributed by atoms with Gasteiger partial charge < -0.3 is 10.4 Å². The summed E-state index contributed by atoms with van der Waals surface area (Å²) >= 11 is 0. The van der Waals surface area contributed by atoms with Gasteiger partial charge in [0, 0.05) is 6.54 Å². The summed E-state index contributed by atoms with van der Waals surface area (Å²) in [4.78, 5) is 10.6. The van der Waals surface area contributed by atoms with Gasteiger partial charge in [0.2, 0.25) is 0 Å². The molecule has 0 saturated carbocycles. The standard InChI is InChI=1S/C16H15NO2/c18-15(19)9-10-17-16-13-7-3-1-5-11(13)12-6-2-4-8-14(12)16/h1-8,16-17H,9-10H2,(H,18,19). The van der Waals surface area contributed by atoms with Crippen LogP contribution >= 0.6 is 0 Å². The van der Waals surface area contributed by atoms with Crippen molar-refractivity contribution in [2.45, 2.75) is 12.5 Å². The molecular weight excluding hydrogens is 238 g/mol. The van der Waals surface area contributed by atoms with Gasteiger partial charge in [-0.3, -0.25) is 4.79 Å². The molecule has 3 rings (SSSR count). The van der Waals surface area contributed by atoms with E-state index in [1.807, 2.05) is 24.3 Å². The molecule has 0 aromatic heterocycles. The molecule has 0 amide bonds. The molecule has 0 aliphatic heterocycles. The molecule has 0 heterocycles. The predicted octanol–water partition coefficient (Wildman–Crippen LogP) is 2.82. The summed E-state index contributed by atoms with van der Waals surface area (Å²) in [6.45, 7) is 0.475. The Bertz CT molecular complexity index is 576. The van der Waals surface area contributed by atoms with Crippen LogP contribution in [0.4, 0.5) is 0 Å². The average molecular weight is 253 g/mol. The topological polar surface area (TPSA) is 49.3 Å². The maximum atomic E-state index is 10.6. The largest absolute Gasteiger partial charge is 0.481 e. The minimum atomic E-state index is -0.771. The van der Waals surface area contributed by atoms with Crippen LogP contribution in [0.3, 0.4) is 0 Å². The molecule has 0 bridgehead atoms. The van der Waals surface area contributed by atoms with Gasteiger partial charge in [0.25, 0.3) is 0 Å². The van der Waals surface area contributed by atoms with Gasteiger partial charge in [0.05, 0.1) is 12.5 Å². The minimum absolute atomic E-state index is 0.103. The summed E-state index contributed by atoms with van der Waals surface area (Å²) in [5.74, 6) is -0.771. The van der Waals surface area contributed by atoms with Gasteiger partial charge in [0.15, 0.2) is 0 Å². The fourth-order valence-corrected chi connectivity index (χ4v) is 2.70. The Labute approximate surface area is 111 Å². The van der Waals surface area contributed by atoms with E-state index < -0.39 is 5.97 Å². The lowest BCUT2D eigenvalue weighted by atomic mass is 10.1. The number of nitrogens with one attached hydrogen (secondary N) is 1. The normalized spacial score (nSPS) is 13.1. The van der Waals surface area contributed by atoms with Crippen LogP contribution in [-0.4, -0.2) is 17.6 Å². The van der Waals surface area contributed by atoms with Crippen molar-refractivity contribution in [3.8, 4) is 11.1 Å². The van der Waals surface area contributed by atoms with E-state index in [-0.39, 0.29) is 12.5 Å². The third-order valence-corrected chi connectivity index (χ3v) is 3.52. The first kappa shape index (κ1) is 11.9. The first-order valence-electron chi connectivity index (χ1n) is 6.41. The summed E-state index contributed by atoms with van der Waals surface area (Å²) in [6.07, 6.45) is 0.140. The van der Waals surface area contributed by atoms with Crippen molar-refractivity contribution in [2.24, 2.45) is 0 Å². The monoisotopic (exact) mass is 253 g/mol. The summed E-state index contributed by atoms with van der Waals surface area (Å²) in [7, 11) is 0. The van der Waals surface area contributed by atoms with Crippen LogP contribution in [0, 0.1) is 0 Å². The predicted molar refractivity (Wildman–Crippen MR) is 74.0 cm³/mol. The summed E-state index contributed by atoms with van der Waals surface area (Å²) in [6, 6.07) is 16.7. The molecule has 0 fully saturated rings. The lowest BCUT2D eigenvalue weighted by Gasteiger charge is -2.15. The van der Waals surface area contributed by atoms with Crippen LogP contribution in [-0.2, 0) is 4.79 Å². The zero-order chi connectivity index (χ0) is 13.2. The number of carbonyl (C=O) groups is 1. The van der Waals surface area contributed by atoms with E-state index in [0.717, 1.165) is 0 Å². The molecule has 2 aromatic rings. The molecule has 1 aliphatic carbocycles.